The molecule has 0 saturated carbocycles. The first kappa shape index (κ1) is 15.2. The minimum absolute atomic E-state index is 0.0203. The van der Waals surface area contributed by atoms with Gasteiger partial charge in [-0.15, -0.1) is 11.3 Å². The van der Waals surface area contributed by atoms with Crippen LogP contribution in [0, 0.1) is 13.8 Å². The zero-order valence-corrected chi connectivity index (χ0v) is 14.3. The number of amides is 1. The third kappa shape index (κ3) is 3.55. The second-order valence-electron chi connectivity index (χ2n) is 4.21. The summed E-state index contributed by atoms with van der Waals surface area (Å²) in [6, 6.07) is 1.96. The number of carbonyl (C=O) groups excluding carboxylic acids is 1. The maximum atomic E-state index is 12.2. The van der Waals surface area contributed by atoms with Gasteiger partial charge >= 0.3 is 0 Å². The largest absolute Gasteiger partial charge is 0.344 e. The van der Waals surface area contributed by atoms with Crippen molar-refractivity contribution in [1.29, 1.82) is 0 Å². The number of alkyl halides is 2. The van der Waals surface area contributed by atoms with Crippen molar-refractivity contribution in [2.75, 3.05) is 10.7 Å². The number of hydrogen-bond acceptors (Lipinski definition) is 2. The molecule has 1 heterocycles. The maximum Gasteiger partial charge on any atom is 0.261 e. The van der Waals surface area contributed by atoms with Crippen molar-refractivity contribution < 1.29 is 4.79 Å². The smallest absolute Gasteiger partial charge is 0.261 e. The molecule has 0 spiro atoms. The highest BCUT2D eigenvalue weighted by Crippen LogP contribution is 2.23. The average molecular weight is 383 g/mol. The van der Waals surface area contributed by atoms with E-state index >= 15 is 0 Å². The highest BCUT2D eigenvalue weighted by Gasteiger charge is 2.28. The first-order valence-corrected chi connectivity index (χ1v) is 8.55. The van der Waals surface area contributed by atoms with Gasteiger partial charge in [-0.05, 0) is 31.9 Å². The van der Waals surface area contributed by atoms with Gasteiger partial charge in [0, 0.05) is 15.5 Å². The van der Waals surface area contributed by atoms with Gasteiger partial charge < -0.3 is 5.32 Å². The number of carbonyl (C=O) groups is 1. The number of thiophene rings is 1. The Balaban J connectivity index is 2.84. The molecule has 0 unspecified atom stereocenters. The number of aryl methyl sites for hydroxylation is 2. The standard InChI is InChI=1S/C12H17Br2NOS/c1-4-12(6-13,7-14)15-11(16)10-5-8(2)9(3)17-10/h5H,4,6-7H2,1-3H3,(H,15,16). The molecule has 1 aromatic heterocycles. The summed E-state index contributed by atoms with van der Waals surface area (Å²) >= 11 is 8.50. The van der Waals surface area contributed by atoms with Crippen LogP contribution in [0.4, 0.5) is 0 Å². The Morgan fingerprint density at radius 2 is 2.00 bits per heavy atom. The van der Waals surface area contributed by atoms with Crippen LogP contribution in [0.3, 0.4) is 0 Å². The summed E-state index contributed by atoms with van der Waals surface area (Å²) in [5.74, 6) is 0.0203. The van der Waals surface area contributed by atoms with Crippen LogP contribution in [0.25, 0.3) is 0 Å². The molecule has 0 saturated heterocycles. The molecule has 1 aromatic rings. The molecule has 96 valence electrons. The Bertz CT molecular complexity index is 371. The van der Waals surface area contributed by atoms with Gasteiger partial charge in [-0.25, -0.2) is 0 Å². The first-order valence-electron chi connectivity index (χ1n) is 5.49. The van der Waals surface area contributed by atoms with Crippen LogP contribution in [0.5, 0.6) is 0 Å². The summed E-state index contributed by atoms with van der Waals surface area (Å²) in [5.41, 5.74) is 0.975. The molecular formula is C12H17Br2NOS. The molecule has 17 heavy (non-hydrogen) atoms. The van der Waals surface area contributed by atoms with Crippen molar-refractivity contribution in [3.63, 3.8) is 0 Å². The summed E-state index contributed by atoms with van der Waals surface area (Å²) in [4.78, 5) is 14.2. The summed E-state index contributed by atoms with van der Waals surface area (Å²) in [6.45, 7) is 6.15. The van der Waals surface area contributed by atoms with Crippen LogP contribution in [0.2, 0.25) is 0 Å². The van der Waals surface area contributed by atoms with E-state index in [1.807, 2.05) is 19.9 Å². The Morgan fingerprint density at radius 3 is 2.35 bits per heavy atom. The van der Waals surface area contributed by atoms with E-state index in [9.17, 15) is 4.79 Å². The van der Waals surface area contributed by atoms with Crippen LogP contribution < -0.4 is 5.32 Å². The lowest BCUT2D eigenvalue weighted by Gasteiger charge is -2.29. The van der Waals surface area contributed by atoms with Crippen LogP contribution in [0.1, 0.15) is 33.5 Å². The summed E-state index contributed by atoms with van der Waals surface area (Å²) in [6.07, 6.45) is 0.887. The Kier molecular flexibility index (Phi) is 5.67. The van der Waals surface area contributed by atoms with Crippen molar-refractivity contribution in [1.82, 2.24) is 5.32 Å². The molecule has 0 aliphatic heterocycles. The van der Waals surface area contributed by atoms with Crippen molar-refractivity contribution in [2.24, 2.45) is 0 Å². The third-order valence-corrected chi connectivity index (χ3v) is 6.25. The van der Waals surface area contributed by atoms with Crippen LogP contribution in [-0.2, 0) is 0 Å². The van der Waals surface area contributed by atoms with Gasteiger partial charge in [-0.1, -0.05) is 38.8 Å². The van der Waals surface area contributed by atoms with Gasteiger partial charge in [0.2, 0.25) is 0 Å². The minimum Gasteiger partial charge on any atom is -0.344 e. The molecule has 2 nitrogen and oxygen atoms in total. The molecule has 0 bridgehead atoms. The lowest BCUT2D eigenvalue weighted by atomic mass is 10.0. The molecule has 0 aliphatic rings. The summed E-state index contributed by atoms with van der Waals surface area (Å²) in [5, 5.41) is 4.61. The van der Waals surface area contributed by atoms with Crippen molar-refractivity contribution in [3.05, 3.63) is 21.4 Å². The first-order chi connectivity index (χ1) is 7.98. The molecule has 5 heteroatoms. The molecule has 0 fully saturated rings. The molecule has 1 amide bonds. The quantitative estimate of drug-likeness (QED) is 0.765. The fraction of sp³-hybridized carbons (Fsp3) is 0.583. The molecule has 0 aromatic carbocycles. The Hall–Kier alpha value is 0.130. The van der Waals surface area contributed by atoms with Gasteiger partial charge in [-0.2, -0.15) is 0 Å². The van der Waals surface area contributed by atoms with Gasteiger partial charge in [0.05, 0.1) is 10.4 Å². The molecule has 1 rings (SSSR count). The van der Waals surface area contributed by atoms with E-state index in [-0.39, 0.29) is 11.4 Å². The normalized spacial score (nSPS) is 11.6. The highest BCUT2D eigenvalue weighted by atomic mass is 79.9. The van der Waals surface area contributed by atoms with Gasteiger partial charge in [0.25, 0.3) is 5.91 Å². The molecule has 1 N–H and O–H groups in total. The van der Waals surface area contributed by atoms with E-state index in [1.54, 1.807) is 11.3 Å². The average Bonchev–Trinajstić information content (AvgIpc) is 2.67. The van der Waals surface area contributed by atoms with E-state index in [1.165, 1.54) is 10.4 Å². The van der Waals surface area contributed by atoms with E-state index < -0.39 is 0 Å². The van der Waals surface area contributed by atoms with Crippen molar-refractivity contribution in [3.8, 4) is 0 Å². The lowest BCUT2D eigenvalue weighted by Crippen LogP contribution is -2.50. The maximum absolute atomic E-state index is 12.2. The summed E-state index contributed by atoms with van der Waals surface area (Å²) < 4.78 is 0. The zero-order valence-electron chi connectivity index (χ0n) is 10.3. The van der Waals surface area contributed by atoms with Gasteiger partial charge in [-0.3, -0.25) is 4.79 Å². The number of nitrogens with one attached hydrogen (secondary N) is 1. The van der Waals surface area contributed by atoms with Gasteiger partial charge in [0.15, 0.2) is 0 Å². The predicted octanol–water partition coefficient (Wildman–Crippen LogP) is 4.03. The summed E-state index contributed by atoms with van der Waals surface area (Å²) in [7, 11) is 0. The number of rotatable bonds is 5. The predicted molar refractivity (Wildman–Crippen MR) is 81.9 cm³/mol. The third-order valence-electron chi connectivity index (χ3n) is 2.96. The Morgan fingerprint density at radius 1 is 1.41 bits per heavy atom. The highest BCUT2D eigenvalue weighted by molar-refractivity contribution is 9.09. The van der Waals surface area contributed by atoms with Crippen LogP contribution in [0.15, 0.2) is 6.07 Å². The SMILES string of the molecule is CCC(CBr)(CBr)NC(=O)c1cc(C)c(C)s1. The second kappa shape index (κ2) is 6.34. The zero-order chi connectivity index (χ0) is 13.1. The Labute approximate surface area is 123 Å². The molecular weight excluding hydrogens is 366 g/mol. The van der Waals surface area contributed by atoms with E-state index in [4.69, 9.17) is 0 Å². The van der Waals surface area contributed by atoms with Crippen molar-refractivity contribution >= 4 is 49.1 Å². The monoisotopic (exact) mass is 381 g/mol. The fourth-order valence-corrected chi connectivity index (χ4v) is 4.30. The molecule has 0 atom stereocenters. The van der Waals surface area contributed by atoms with E-state index in [2.05, 4.69) is 44.1 Å². The van der Waals surface area contributed by atoms with E-state index in [0.29, 0.717) is 0 Å². The number of hydrogen-bond donors (Lipinski definition) is 1. The van der Waals surface area contributed by atoms with Gasteiger partial charge in [0.1, 0.15) is 0 Å². The van der Waals surface area contributed by atoms with E-state index in [0.717, 1.165) is 22.0 Å². The second-order valence-corrected chi connectivity index (χ2v) is 6.58. The van der Waals surface area contributed by atoms with Crippen molar-refractivity contribution in [2.45, 2.75) is 32.7 Å². The lowest BCUT2D eigenvalue weighted by molar-refractivity contribution is 0.0919. The van der Waals surface area contributed by atoms with Crippen LogP contribution in [-0.4, -0.2) is 22.1 Å². The minimum atomic E-state index is -0.205. The topological polar surface area (TPSA) is 29.1 Å². The molecule has 0 aliphatic carbocycles. The number of halogens is 2. The fourth-order valence-electron chi connectivity index (χ4n) is 1.37. The van der Waals surface area contributed by atoms with Crippen LogP contribution >= 0.6 is 43.2 Å². The molecule has 0 radical (unpaired) electrons.